The van der Waals surface area contributed by atoms with E-state index in [0.29, 0.717) is 23.8 Å². The highest BCUT2D eigenvalue weighted by Crippen LogP contribution is 2.27. The van der Waals surface area contributed by atoms with E-state index in [2.05, 4.69) is 5.32 Å². The molecule has 41 heavy (non-hydrogen) atoms. The lowest BCUT2D eigenvalue weighted by Crippen LogP contribution is -2.52. The molecule has 0 aliphatic heterocycles. The van der Waals surface area contributed by atoms with Gasteiger partial charge >= 0.3 is 0 Å². The quantitative estimate of drug-likeness (QED) is 0.318. The number of anilines is 1. The first kappa shape index (κ1) is 31.5. The molecule has 0 saturated carbocycles. The monoisotopic (exact) mass is 581 g/mol. The Balaban J connectivity index is 2.04. The van der Waals surface area contributed by atoms with E-state index >= 15 is 0 Å². The average molecular weight is 582 g/mol. The first-order valence-corrected chi connectivity index (χ1v) is 14.9. The fraction of sp³-hybridized carbons (Fsp3) is 0.355. The Morgan fingerprint density at radius 3 is 2.17 bits per heavy atom. The van der Waals surface area contributed by atoms with Crippen molar-refractivity contribution < 1.29 is 27.5 Å². The fourth-order valence-electron chi connectivity index (χ4n) is 4.20. The minimum absolute atomic E-state index is 0.0507. The van der Waals surface area contributed by atoms with Crippen molar-refractivity contribution in [3.8, 4) is 11.5 Å². The normalized spacial score (nSPS) is 12.0. The summed E-state index contributed by atoms with van der Waals surface area (Å²) < 4.78 is 39.8. The molecule has 0 bridgehead atoms. The molecule has 10 heteroatoms. The van der Waals surface area contributed by atoms with E-state index in [1.165, 1.54) is 17.0 Å². The van der Waals surface area contributed by atoms with E-state index in [1.807, 2.05) is 33.8 Å². The van der Waals surface area contributed by atoms with E-state index in [1.54, 1.807) is 68.6 Å². The van der Waals surface area contributed by atoms with Crippen LogP contribution in [0.2, 0.25) is 0 Å². The van der Waals surface area contributed by atoms with Crippen LogP contribution in [-0.2, 0) is 26.2 Å². The highest BCUT2D eigenvalue weighted by Gasteiger charge is 2.32. The van der Waals surface area contributed by atoms with Crippen molar-refractivity contribution in [1.82, 2.24) is 10.2 Å². The van der Waals surface area contributed by atoms with E-state index in [9.17, 15) is 18.0 Å². The fourth-order valence-corrected chi connectivity index (χ4v) is 5.61. The van der Waals surface area contributed by atoms with Crippen LogP contribution in [-0.4, -0.2) is 57.5 Å². The van der Waals surface area contributed by atoms with Crippen LogP contribution in [0.25, 0.3) is 0 Å². The summed E-state index contributed by atoms with van der Waals surface area (Å²) in [6, 6.07) is 19.1. The summed E-state index contributed by atoms with van der Waals surface area (Å²) in [6.07, 6.45) is 0. The molecule has 0 aromatic heterocycles. The first-order chi connectivity index (χ1) is 19.5. The van der Waals surface area contributed by atoms with Crippen molar-refractivity contribution in [1.29, 1.82) is 0 Å². The molecule has 3 aromatic rings. The minimum atomic E-state index is -4.15. The van der Waals surface area contributed by atoms with Gasteiger partial charge < -0.3 is 19.7 Å². The predicted molar refractivity (Wildman–Crippen MR) is 160 cm³/mol. The summed E-state index contributed by atoms with van der Waals surface area (Å²) in [5.74, 6) is 0.301. The molecular formula is C31H39N3O6S. The van der Waals surface area contributed by atoms with Gasteiger partial charge in [-0.05, 0) is 88.7 Å². The molecule has 1 N–H and O–H groups in total. The molecule has 0 radical (unpaired) electrons. The molecule has 3 rings (SSSR count). The lowest BCUT2D eigenvalue weighted by Gasteiger charge is -2.32. The van der Waals surface area contributed by atoms with Crippen LogP contribution in [0.4, 0.5) is 5.69 Å². The maximum atomic E-state index is 14.0. The van der Waals surface area contributed by atoms with Gasteiger partial charge in [-0.25, -0.2) is 8.42 Å². The zero-order valence-electron chi connectivity index (χ0n) is 24.5. The molecule has 0 aliphatic rings. The van der Waals surface area contributed by atoms with Gasteiger partial charge in [-0.2, -0.15) is 0 Å². The minimum Gasteiger partial charge on any atom is -0.497 e. The number of hydrogen-bond donors (Lipinski definition) is 1. The zero-order chi connectivity index (χ0) is 30.2. The van der Waals surface area contributed by atoms with Gasteiger partial charge in [0.25, 0.3) is 10.0 Å². The predicted octanol–water partition coefficient (Wildman–Crippen LogP) is 4.54. The van der Waals surface area contributed by atoms with Crippen LogP contribution in [0.1, 0.15) is 38.8 Å². The molecule has 1 unspecified atom stereocenters. The number of hydrogen-bond acceptors (Lipinski definition) is 6. The largest absolute Gasteiger partial charge is 0.497 e. The maximum Gasteiger partial charge on any atom is 0.264 e. The summed E-state index contributed by atoms with van der Waals surface area (Å²) in [7, 11) is -2.60. The number of amides is 2. The number of rotatable bonds is 13. The van der Waals surface area contributed by atoms with Gasteiger partial charge in [-0.3, -0.25) is 13.9 Å². The number of carbonyl (C=O) groups excluding carboxylic acids is 2. The number of ether oxygens (including phenoxy) is 2. The van der Waals surface area contributed by atoms with E-state index < -0.39 is 28.5 Å². The highest BCUT2D eigenvalue weighted by atomic mass is 32.2. The van der Waals surface area contributed by atoms with Gasteiger partial charge in [-0.1, -0.05) is 29.8 Å². The number of carbonyl (C=O) groups is 2. The van der Waals surface area contributed by atoms with Crippen LogP contribution >= 0.6 is 0 Å². The van der Waals surface area contributed by atoms with Crippen molar-refractivity contribution in [2.75, 3.05) is 24.6 Å². The second-order valence-electron chi connectivity index (χ2n) is 9.96. The molecule has 220 valence electrons. The Morgan fingerprint density at radius 1 is 0.927 bits per heavy atom. The summed E-state index contributed by atoms with van der Waals surface area (Å²) in [5.41, 5.74) is 1.93. The standard InChI is InChI=1S/C31H39N3O6S/c1-7-40-27-15-13-26(14-16-27)34(41(37,38)29-17-11-23(4)12-18-29)21-30(35)33(24(5)31(36)32-22(2)3)20-25-9-8-10-28(19-25)39-6/h8-19,22,24H,7,20-21H2,1-6H3,(H,32,36). The van der Waals surface area contributed by atoms with Crippen molar-refractivity contribution in [3.63, 3.8) is 0 Å². The van der Waals surface area contributed by atoms with Crippen LogP contribution in [0, 0.1) is 6.92 Å². The number of methoxy groups -OCH3 is 1. The van der Waals surface area contributed by atoms with Crippen LogP contribution in [0.15, 0.2) is 77.7 Å². The zero-order valence-corrected chi connectivity index (χ0v) is 25.3. The van der Waals surface area contributed by atoms with E-state index in [0.717, 1.165) is 15.4 Å². The summed E-state index contributed by atoms with van der Waals surface area (Å²) >= 11 is 0. The van der Waals surface area contributed by atoms with Gasteiger partial charge in [0.2, 0.25) is 11.8 Å². The van der Waals surface area contributed by atoms with Gasteiger partial charge in [0.15, 0.2) is 0 Å². The van der Waals surface area contributed by atoms with Crippen molar-refractivity contribution >= 4 is 27.5 Å². The third-order valence-electron chi connectivity index (χ3n) is 6.41. The molecule has 1 atom stereocenters. The Bertz CT molecular complexity index is 1420. The average Bonchev–Trinajstić information content (AvgIpc) is 2.94. The third kappa shape index (κ3) is 8.23. The molecule has 0 aliphatic carbocycles. The van der Waals surface area contributed by atoms with Crippen LogP contribution in [0.5, 0.6) is 11.5 Å². The molecule has 9 nitrogen and oxygen atoms in total. The summed E-state index contributed by atoms with van der Waals surface area (Å²) in [4.78, 5) is 28.5. The van der Waals surface area contributed by atoms with Crippen molar-refractivity contribution in [2.24, 2.45) is 0 Å². The second kappa shape index (κ2) is 14.0. The van der Waals surface area contributed by atoms with Crippen LogP contribution in [0.3, 0.4) is 0 Å². The Kier molecular flexibility index (Phi) is 10.8. The van der Waals surface area contributed by atoms with E-state index in [4.69, 9.17) is 9.47 Å². The lowest BCUT2D eigenvalue weighted by atomic mass is 10.1. The van der Waals surface area contributed by atoms with Crippen LogP contribution < -0.4 is 19.1 Å². The molecule has 0 spiro atoms. The second-order valence-corrected chi connectivity index (χ2v) is 11.8. The smallest absolute Gasteiger partial charge is 0.264 e. The molecule has 3 aromatic carbocycles. The lowest BCUT2D eigenvalue weighted by molar-refractivity contribution is -0.139. The third-order valence-corrected chi connectivity index (χ3v) is 8.20. The molecular weight excluding hydrogens is 542 g/mol. The Morgan fingerprint density at radius 2 is 1.59 bits per heavy atom. The first-order valence-electron chi connectivity index (χ1n) is 13.5. The number of nitrogens with one attached hydrogen (secondary N) is 1. The topological polar surface area (TPSA) is 105 Å². The van der Waals surface area contributed by atoms with Crippen molar-refractivity contribution in [2.45, 2.75) is 58.1 Å². The molecule has 0 saturated heterocycles. The van der Waals surface area contributed by atoms with Gasteiger partial charge in [0.1, 0.15) is 24.1 Å². The molecule has 0 heterocycles. The highest BCUT2D eigenvalue weighted by molar-refractivity contribution is 7.92. The van der Waals surface area contributed by atoms with E-state index in [-0.39, 0.29) is 23.4 Å². The maximum absolute atomic E-state index is 14.0. The Hall–Kier alpha value is -4.05. The van der Waals surface area contributed by atoms with Gasteiger partial charge in [0.05, 0.1) is 24.3 Å². The molecule has 0 fully saturated rings. The van der Waals surface area contributed by atoms with Gasteiger partial charge in [0, 0.05) is 12.6 Å². The SMILES string of the molecule is CCOc1ccc(N(CC(=O)N(Cc2cccc(OC)c2)C(C)C(=O)NC(C)C)S(=O)(=O)c2ccc(C)cc2)cc1. The van der Waals surface area contributed by atoms with Crippen molar-refractivity contribution in [3.05, 3.63) is 83.9 Å². The number of nitrogens with zero attached hydrogens (tertiary/aromatic N) is 2. The number of aryl methyl sites for hydroxylation is 1. The summed E-state index contributed by atoms with van der Waals surface area (Å²) in [5, 5.41) is 2.85. The number of benzene rings is 3. The summed E-state index contributed by atoms with van der Waals surface area (Å²) in [6.45, 7) is 9.03. The van der Waals surface area contributed by atoms with Gasteiger partial charge in [-0.15, -0.1) is 0 Å². The number of sulfonamides is 1. The Labute approximate surface area is 243 Å². The molecule has 2 amide bonds.